The van der Waals surface area contributed by atoms with Crippen molar-refractivity contribution in [1.29, 1.82) is 0 Å². The molecule has 6 heteroatoms. The maximum atomic E-state index is 13.0. The standard InChI is InChI=1S/C19H19NO5/c1-2-24-18(23)25-19-9-8-13(10-19)14-15(19)17(22)20(16(14)21)11-12-6-4-3-5-7-12/h3-9,13-15H,2,10-11H2,1H3. The number of benzene rings is 1. The fourth-order valence-corrected chi connectivity index (χ4v) is 4.33. The van der Waals surface area contributed by atoms with Gasteiger partial charge in [0, 0.05) is 0 Å². The molecule has 1 saturated carbocycles. The normalized spacial score (nSPS) is 32.2. The Kier molecular flexibility index (Phi) is 3.63. The number of fused-ring (bicyclic) bond motifs is 5. The van der Waals surface area contributed by atoms with Crippen molar-refractivity contribution in [2.75, 3.05) is 6.61 Å². The summed E-state index contributed by atoms with van der Waals surface area (Å²) in [7, 11) is 0. The minimum absolute atomic E-state index is 0.0725. The highest BCUT2D eigenvalue weighted by Crippen LogP contribution is 2.57. The van der Waals surface area contributed by atoms with E-state index in [0.29, 0.717) is 6.42 Å². The van der Waals surface area contributed by atoms with Crippen LogP contribution >= 0.6 is 0 Å². The van der Waals surface area contributed by atoms with Gasteiger partial charge in [-0.25, -0.2) is 4.79 Å². The molecule has 2 fully saturated rings. The number of likely N-dealkylation sites (tertiary alicyclic amines) is 1. The van der Waals surface area contributed by atoms with Gasteiger partial charge in [-0.05, 0) is 30.9 Å². The average molecular weight is 341 g/mol. The largest absolute Gasteiger partial charge is 0.509 e. The van der Waals surface area contributed by atoms with E-state index in [9.17, 15) is 14.4 Å². The Morgan fingerprint density at radius 3 is 2.72 bits per heavy atom. The molecule has 2 bridgehead atoms. The van der Waals surface area contributed by atoms with Gasteiger partial charge in [-0.1, -0.05) is 36.4 Å². The van der Waals surface area contributed by atoms with Crippen LogP contribution in [-0.2, 0) is 25.6 Å². The number of amides is 2. The predicted molar refractivity (Wildman–Crippen MR) is 87.1 cm³/mol. The zero-order valence-electron chi connectivity index (χ0n) is 13.9. The monoisotopic (exact) mass is 341 g/mol. The van der Waals surface area contributed by atoms with E-state index < -0.39 is 23.6 Å². The first-order chi connectivity index (χ1) is 12.1. The van der Waals surface area contributed by atoms with Gasteiger partial charge < -0.3 is 9.47 Å². The Bertz CT molecular complexity index is 758. The first-order valence-corrected chi connectivity index (χ1v) is 8.50. The van der Waals surface area contributed by atoms with E-state index in [1.807, 2.05) is 36.4 Å². The number of hydrogen-bond acceptors (Lipinski definition) is 5. The average Bonchev–Trinajstić information content (AvgIpc) is 3.22. The molecule has 4 unspecified atom stereocenters. The van der Waals surface area contributed by atoms with Crippen molar-refractivity contribution in [3.8, 4) is 0 Å². The molecule has 1 aromatic rings. The highest BCUT2D eigenvalue weighted by Gasteiger charge is 2.68. The second-order valence-corrected chi connectivity index (χ2v) is 6.72. The molecule has 0 aromatic heterocycles. The molecule has 3 aliphatic rings. The molecule has 130 valence electrons. The third-order valence-corrected chi connectivity index (χ3v) is 5.33. The van der Waals surface area contributed by atoms with Gasteiger partial charge in [0.05, 0.1) is 25.0 Å². The molecular weight excluding hydrogens is 322 g/mol. The van der Waals surface area contributed by atoms with E-state index in [4.69, 9.17) is 9.47 Å². The Balaban J connectivity index is 1.60. The number of imide groups is 1. The summed E-state index contributed by atoms with van der Waals surface area (Å²) >= 11 is 0. The van der Waals surface area contributed by atoms with Crippen LogP contribution in [0.5, 0.6) is 0 Å². The first kappa shape index (κ1) is 15.9. The van der Waals surface area contributed by atoms with Gasteiger partial charge in [0.25, 0.3) is 0 Å². The second-order valence-electron chi connectivity index (χ2n) is 6.72. The van der Waals surface area contributed by atoms with Crippen LogP contribution in [0.25, 0.3) is 0 Å². The third-order valence-electron chi connectivity index (χ3n) is 5.33. The summed E-state index contributed by atoms with van der Waals surface area (Å²) in [5.74, 6) is -1.62. The van der Waals surface area contributed by atoms with Crippen molar-refractivity contribution in [3.63, 3.8) is 0 Å². The highest BCUT2D eigenvalue weighted by atomic mass is 16.7. The van der Waals surface area contributed by atoms with Crippen molar-refractivity contribution in [3.05, 3.63) is 48.0 Å². The lowest BCUT2D eigenvalue weighted by Gasteiger charge is -2.29. The molecule has 0 N–H and O–H groups in total. The fraction of sp³-hybridized carbons (Fsp3) is 0.421. The first-order valence-electron chi connectivity index (χ1n) is 8.50. The Morgan fingerprint density at radius 2 is 2.00 bits per heavy atom. The van der Waals surface area contributed by atoms with Crippen LogP contribution < -0.4 is 0 Å². The Labute approximate surface area is 145 Å². The van der Waals surface area contributed by atoms with Crippen LogP contribution in [0.4, 0.5) is 4.79 Å². The number of ether oxygens (including phenoxy) is 2. The SMILES string of the molecule is CCOC(=O)OC12C=CC(C1)C1C(=O)N(Cc3ccccc3)C(=O)C12. The van der Waals surface area contributed by atoms with Crippen molar-refractivity contribution in [2.24, 2.45) is 17.8 Å². The molecule has 1 saturated heterocycles. The number of carbonyl (C=O) groups excluding carboxylic acids is 3. The highest BCUT2D eigenvalue weighted by molar-refractivity contribution is 6.07. The van der Waals surface area contributed by atoms with Gasteiger partial charge in [-0.2, -0.15) is 0 Å². The topological polar surface area (TPSA) is 72.9 Å². The number of nitrogens with zero attached hydrogens (tertiary/aromatic N) is 1. The molecule has 6 nitrogen and oxygen atoms in total. The van der Waals surface area contributed by atoms with Crippen molar-refractivity contribution in [1.82, 2.24) is 4.90 Å². The van der Waals surface area contributed by atoms with Gasteiger partial charge in [0.1, 0.15) is 5.60 Å². The van der Waals surface area contributed by atoms with Gasteiger partial charge in [-0.15, -0.1) is 0 Å². The Hall–Kier alpha value is -2.63. The third kappa shape index (κ3) is 2.35. The van der Waals surface area contributed by atoms with Gasteiger partial charge >= 0.3 is 6.16 Å². The van der Waals surface area contributed by atoms with Crippen LogP contribution in [-0.4, -0.2) is 35.1 Å². The molecule has 1 aromatic carbocycles. The number of hydrogen-bond donors (Lipinski definition) is 0. The summed E-state index contributed by atoms with van der Waals surface area (Å²) in [6.45, 7) is 2.13. The predicted octanol–water partition coefficient (Wildman–Crippen LogP) is 2.29. The quantitative estimate of drug-likeness (QED) is 0.477. The lowest BCUT2D eigenvalue weighted by molar-refractivity contribution is -0.143. The maximum Gasteiger partial charge on any atom is 0.509 e. The molecule has 4 atom stereocenters. The lowest BCUT2D eigenvalue weighted by Crippen LogP contribution is -2.43. The lowest BCUT2D eigenvalue weighted by atomic mass is 9.83. The molecule has 2 aliphatic carbocycles. The molecule has 1 aliphatic heterocycles. The van der Waals surface area contributed by atoms with Crippen molar-refractivity contribution in [2.45, 2.75) is 25.5 Å². The van der Waals surface area contributed by atoms with E-state index in [1.54, 1.807) is 13.0 Å². The zero-order valence-corrected chi connectivity index (χ0v) is 13.9. The van der Waals surface area contributed by atoms with Crippen LogP contribution in [0.15, 0.2) is 42.5 Å². The van der Waals surface area contributed by atoms with E-state index >= 15 is 0 Å². The number of allylic oxidation sites excluding steroid dienone is 1. The van der Waals surface area contributed by atoms with Gasteiger partial charge in [0.15, 0.2) is 0 Å². The minimum atomic E-state index is -1.06. The summed E-state index contributed by atoms with van der Waals surface area (Å²) in [6.07, 6.45) is 3.32. The number of carbonyl (C=O) groups is 3. The van der Waals surface area contributed by atoms with Crippen molar-refractivity contribution >= 4 is 18.0 Å². The fourth-order valence-electron chi connectivity index (χ4n) is 4.33. The van der Waals surface area contributed by atoms with E-state index in [2.05, 4.69) is 0 Å². The van der Waals surface area contributed by atoms with Crippen LogP contribution in [0.2, 0.25) is 0 Å². The summed E-state index contributed by atoms with van der Waals surface area (Å²) in [4.78, 5) is 39.0. The van der Waals surface area contributed by atoms with E-state index in [-0.39, 0.29) is 30.9 Å². The molecule has 1 heterocycles. The van der Waals surface area contributed by atoms with Gasteiger partial charge in [0.2, 0.25) is 11.8 Å². The van der Waals surface area contributed by atoms with E-state index in [0.717, 1.165) is 5.56 Å². The molecule has 4 rings (SSSR count). The summed E-state index contributed by atoms with van der Waals surface area (Å²) < 4.78 is 10.4. The smallest absolute Gasteiger partial charge is 0.435 e. The van der Waals surface area contributed by atoms with E-state index in [1.165, 1.54) is 4.90 Å². The molecule has 0 spiro atoms. The second kappa shape index (κ2) is 5.72. The maximum absolute atomic E-state index is 13.0. The molecule has 25 heavy (non-hydrogen) atoms. The number of rotatable bonds is 4. The van der Waals surface area contributed by atoms with Crippen LogP contribution in [0.1, 0.15) is 18.9 Å². The minimum Gasteiger partial charge on any atom is -0.435 e. The van der Waals surface area contributed by atoms with Crippen molar-refractivity contribution < 1.29 is 23.9 Å². The van der Waals surface area contributed by atoms with Gasteiger partial charge in [-0.3, -0.25) is 14.5 Å². The summed E-state index contributed by atoms with van der Waals surface area (Å²) in [6, 6.07) is 9.40. The van der Waals surface area contributed by atoms with Crippen LogP contribution in [0.3, 0.4) is 0 Å². The molecule has 0 radical (unpaired) electrons. The molecule has 2 amide bonds. The summed E-state index contributed by atoms with van der Waals surface area (Å²) in [5, 5.41) is 0. The summed E-state index contributed by atoms with van der Waals surface area (Å²) in [5.41, 5.74) is -0.162. The zero-order chi connectivity index (χ0) is 17.6. The van der Waals surface area contributed by atoms with Crippen LogP contribution in [0, 0.1) is 17.8 Å². The Morgan fingerprint density at radius 1 is 1.24 bits per heavy atom. The molecular formula is C19H19NO5.